The van der Waals surface area contributed by atoms with Crippen LogP contribution in [0, 0.1) is 5.82 Å². The fraction of sp³-hybridized carbons (Fsp3) is 0.321. The number of aliphatic hydroxyl groups excluding tert-OH is 2. The van der Waals surface area contributed by atoms with Crippen molar-refractivity contribution < 1.29 is 42.9 Å². The molecular formula is C28H26ClF2N3O7. The Labute approximate surface area is 237 Å². The number of esters is 1. The standard InChI is InChI=1S/C28H26ClF2N3O7/c1-14(35)19-12-33(21-7-15(5-6-18(19)21)28-40-24(37)9-25(38)41-28)13-23(36)34-11-17(30)8-22(34)27(39)32-10-16-3-2-4-20(29)26(16)31/h2-7,9,12,14,17,22,28,35,37H,8,10-11,13H2,1H3,(H,32,39)/t14?,17-,22+,28?/m1/s1. The lowest BCUT2D eigenvalue weighted by Gasteiger charge is -2.24. The van der Waals surface area contributed by atoms with Crippen LogP contribution in [-0.4, -0.2) is 56.2 Å². The summed E-state index contributed by atoms with van der Waals surface area (Å²) in [7, 11) is 0. The second-order valence-corrected chi connectivity index (χ2v) is 10.3. The molecule has 1 saturated heterocycles. The molecule has 0 aliphatic carbocycles. The fourth-order valence-corrected chi connectivity index (χ4v) is 5.22. The molecule has 2 aliphatic heterocycles. The predicted molar refractivity (Wildman–Crippen MR) is 141 cm³/mol. The molecule has 0 spiro atoms. The first-order valence-corrected chi connectivity index (χ1v) is 13.1. The lowest BCUT2D eigenvalue weighted by atomic mass is 10.1. The molecule has 2 aromatic carbocycles. The van der Waals surface area contributed by atoms with Crippen molar-refractivity contribution in [2.45, 2.75) is 51.0 Å². The van der Waals surface area contributed by atoms with Crippen molar-refractivity contribution in [3.05, 3.63) is 82.1 Å². The quantitative estimate of drug-likeness (QED) is 0.358. The summed E-state index contributed by atoms with van der Waals surface area (Å²) < 4.78 is 40.6. The van der Waals surface area contributed by atoms with Crippen molar-refractivity contribution in [2.24, 2.45) is 0 Å². The summed E-state index contributed by atoms with van der Waals surface area (Å²) >= 11 is 5.80. The highest BCUT2D eigenvalue weighted by molar-refractivity contribution is 6.30. The van der Waals surface area contributed by atoms with E-state index in [-0.39, 0.29) is 36.6 Å². The summed E-state index contributed by atoms with van der Waals surface area (Å²) in [6.45, 7) is 0.763. The van der Waals surface area contributed by atoms with Crippen molar-refractivity contribution in [3.63, 3.8) is 0 Å². The lowest BCUT2D eigenvalue weighted by Crippen LogP contribution is -2.46. The van der Waals surface area contributed by atoms with E-state index in [1.165, 1.54) is 22.8 Å². The topological polar surface area (TPSA) is 130 Å². The third-order valence-electron chi connectivity index (χ3n) is 7.01. The molecule has 41 heavy (non-hydrogen) atoms. The molecular weight excluding hydrogens is 564 g/mol. The van der Waals surface area contributed by atoms with E-state index in [2.05, 4.69) is 5.32 Å². The van der Waals surface area contributed by atoms with E-state index >= 15 is 0 Å². The van der Waals surface area contributed by atoms with Gasteiger partial charge in [0.2, 0.25) is 11.8 Å². The van der Waals surface area contributed by atoms with Crippen LogP contribution < -0.4 is 5.32 Å². The molecule has 3 N–H and O–H groups in total. The first-order chi connectivity index (χ1) is 19.5. The largest absolute Gasteiger partial charge is 0.481 e. The van der Waals surface area contributed by atoms with Crippen molar-refractivity contribution in [3.8, 4) is 0 Å². The molecule has 0 bridgehead atoms. The van der Waals surface area contributed by atoms with E-state index in [1.54, 1.807) is 31.3 Å². The summed E-state index contributed by atoms with van der Waals surface area (Å²) in [6.07, 6.45) is -1.43. The monoisotopic (exact) mass is 589 g/mol. The number of nitrogens with one attached hydrogen (secondary N) is 1. The van der Waals surface area contributed by atoms with Crippen molar-refractivity contribution in [1.82, 2.24) is 14.8 Å². The lowest BCUT2D eigenvalue weighted by molar-refractivity contribution is -0.183. The summed E-state index contributed by atoms with van der Waals surface area (Å²) in [5, 5.41) is 23.1. The third kappa shape index (κ3) is 5.84. The minimum Gasteiger partial charge on any atom is -0.481 e. The van der Waals surface area contributed by atoms with Gasteiger partial charge in [-0.15, -0.1) is 0 Å². The minimum absolute atomic E-state index is 0.0987. The number of nitrogens with zero attached hydrogens (tertiary/aromatic N) is 2. The Kier molecular flexibility index (Phi) is 7.87. The van der Waals surface area contributed by atoms with Crippen LogP contribution in [0.15, 0.2) is 54.6 Å². The molecule has 216 valence electrons. The Morgan fingerprint density at radius 1 is 1.24 bits per heavy atom. The van der Waals surface area contributed by atoms with Crippen LogP contribution in [0.3, 0.4) is 0 Å². The van der Waals surface area contributed by atoms with Gasteiger partial charge in [0.25, 0.3) is 12.2 Å². The summed E-state index contributed by atoms with van der Waals surface area (Å²) in [6, 6.07) is 8.08. The number of carbonyl (C=O) groups is 3. The Morgan fingerprint density at radius 2 is 2.02 bits per heavy atom. The zero-order valence-corrected chi connectivity index (χ0v) is 22.5. The van der Waals surface area contributed by atoms with Gasteiger partial charge < -0.3 is 34.5 Å². The number of hydrogen-bond donors (Lipinski definition) is 3. The van der Waals surface area contributed by atoms with Gasteiger partial charge in [0.1, 0.15) is 30.7 Å². The molecule has 10 nitrogen and oxygen atoms in total. The number of fused-ring (bicyclic) bond motifs is 1. The van der Waals surface area contributed by atoms with E-state index in [1.807, 2.05) is 0 Å². The highest BCUT2D eigenvalue weighted by atomic mass is 35.5. The molecule has 0 radical (unpaired) electrons. The predicted octanol–water partition coefficient (Wildman–Crippen LogP) is 3.71. The maximum atomic E-state index is 14.5. The molecule has 2 aliphatic rings. The second kappa shape index (κ2) is 11.4. The van der Waals surface area contributed by atoms with Crippen LogP contribution in [0.1, 0.15) is 42.4 Å². The molecule has 0 saturated carbocycles. The number of ether oxygens (including phenoxy) is 2. The summed E-state index contributed by atoms with van der Waals surface area (Å²) in [4.78, 5) is 39.3. The normalized spacial score (nSPS) is 21.3. The van der Waals surface area contributed by atoms with Gasteiger partial charge in [-0.1, -0.05) is 35.9 Å². The number of aliphatic hydroxyl groups is 2. The van der Waals surface area contributed by atoms with Gasteiger partial charge in [-0.05, 0) is 19.1 Å². The first kappa shape index (κ1) is 28.4. The highest BCUT2D eigenvalue weighted by Crippen LogP contribution is 2.33. The van der Waals surface area contributed by atoms with Gasteiger partial charge in [-0.3, -0.25) is 9.59 Å². The molecule has 3 aromatic rings. The number of likely N-dealkylation sites (tertiary alicyclic amines) is 1. The van der Waals surface area contributed by atoms with Crippen LogP contribution in [0.25, 0.3) is 10.9 Å². The van der Waals surface area contributed by atoms with Crippen LogP contribution in [0.5, 0.6) is 0 Å². The molecule has 2 amide bonds. The Bertz CT molecular complexity index is 1560. The zero-order chi connectivity index (χ0) is 29.4. The van der Waals surface area contributed by atoms with Crippen LogP contribution >= 0.6 is 11.6 Å². The maximum absolute atomic E-state index is 14.5. The SMILES string of the molecule is CC(O)c1cn(CC(=O)N2C[C@H](F)C[C@H]2C(=O)NCc2cccc(Cl)c2F)c2cc(C3OC(=O)C=C(O)O3)ccc12. The van der Waals surface area contributed by atoms with E-state index in [4.69, 9.17) is 21.1 Å². The minimum atomic E-state index is -1.43. The average Bonchev–Trinajstić information content (AvgIpc) is 3.49. The van der Waals surface area contributed by atoms with Gasteiger partial charge in [-0.2, -0.15) is 0 Å². The van der Waals surface area contributed by atoms with Gasteiger partial charge in [0.15, 0.2) is 0 Å². The van der Waals surface area contributed by atoms with Gasteiger partial charge in [-0.25, -0.2) is 13.6 Å². The number of alkyl halides is 1. The first-order valence-electron chi connectivity index (χ1n) is 12.7. The zero-order valence-electron chi connectivity index (χ0n) is 21.7. The second-order valence-electron chi connectivity index (χ2n) is 9.86. The van der Waals surface area contributed by atoms with Crippen LogP contribution in [0.2, 0.25) is 5.02 Å². The van der Waals surface area contributed by atoms with Crippen molar-refractivity contribution >= 4 is 40.3 Å². The molecule has 13 heteroatoms. The maximum Gasteiger partial charge on any atom is 0.341 e. The highest BCUT2D eigenvalue weighted by Gasteiger charge is 2.40. The van der Waals surface area contributed by atoms with E-state index < -0.39 is 54.2 Å². The number of aromatic nitrogens is 1. The third-order valence-corrected chi connectivity index (χ3v) is 7.31. The molecule has 1 aromatic heterocycles. The number of amides is 2. The van der Waals surface area contributed by atoms with E-state index in [0.717, 1.165) is 11.0 Å². The number of rotatable bonds is 7. The molecule has 4 atom stereocenters. The summed E-state index contributed by atoms with van der Waals surface area (Å²) in [5.41, 5.74) is 1.47. The van der Waals surface area contributed by atoms with Gasteiger partial charge in [0, 0.05) is 46.8 Å². The van der Waals surface area contributed by atoms with E-state index in [9.17, 15) is 33.4 Å². The Balaban J connectivity index is 1.37. The Morgan fingerprint density at radius 3 is 2.76 bits per heavy atom. The van der Waals surface area contributed by atoms with E-state index in [0.29, 0.717) is 22.0 Å². The number of halogens is 3. The van der Waals surface area contributed by atoms with Crippen molar-refractivity contribution in [1.29, 1.82) is 0 Å². The van der Waals surface area contributed by atoms with Gasteiger partial charge in [0.05, 0.1) is 17.7 Å². The molecule has 1 fully saturated rings. The number of benzene rings is 2. The molecule has 3 heterocycles. The fourth-order valence-electron chi connectivity index (χ4n) is 5.02. The molecule has 2 unspecified atom stereocenters. The Hall–Kier alpha value is -4.16. The van der Waals surface area contributed by atoms with Crippen molar-refractivity contribution in [2.75, 3.05) is 6.54 Å². The van der Waals surface area contributed by atoms with Crippen LogP contribution in [0.4, 0.5) is 8.78 Å². The smallest absolute Gasteiger partial charge is 0.341 e. The van der Waals surface area contributed by atoms with Crippen LogP contribution in [-0.2, 0) is 36.9 Å². The van der Waals surface area contributed by atoms with Gasteiger partial charge >= 0.3 is 5.97 Å². The number of cyclic esters (lactones) is 1. The number of hydrogen-bond acceptors (Lipinski definition) is 7. The number of carbonyl (C=O) groups excluding carboxylic acids is 3. The summed E-state index contributed by atoms with van der Waals surface area (Å²) in [5.74, 6) is -3.28. The average molecular weight is 590 g/mol. The molecule has 5 rings (SSSR count).